The fourth-order valence-corrected chi connectivity index (χ4v) is 3.22. The summed E-state index contributed by atoms with van der Waals surface area (Å²) in [5, 5.41) is 9.91. The van der Waals surface area contributed by atoms with E-state index < -0.39 is 0 Å². The Hall–Kier alpha value is -1.40. The quantitative estimate of drug-likeness (QED) is 0.879. The number of hydrogen-bond donors (Lipinski definition) is 1. The van der Waals surface area contributed by atoms with Crippen LogP contribution < -0.4 is 9.80 Å². The van der Waals surface area contributed by atoms with Gasteiger partial charge in [0.1, 0.15) is 5.82 Å². The summed E-state index contributed by atoms with van der Waals surface area (Å²) in [6, 6.07) is 2.34. The highest BCUT2D eigenvalue weighted by Crippen LogP contribution is 2.27. The van der Waals surface area contributed by atoms with Crippen molar-refractivity contribution in [3.8, 4) is 0 Å². The molecule has 0 bridgehead atoms. The Labute approximate surface area is 126 Å². The normalized spacial score (nSPS) is 27.4. The van der Waals surface area contributed by atoms with Crippen LogP contribution in [-0.4, -0.2) is 71.9 Å². The van der Waals surface area contributed by atoms with Gasteiger partial charge in [-0.1, -0.05) is 6.92 Å². The van der Waals surface area contributed by atoms with Crippen LogP contribution in [-0.2, 0) is 0 Å². The minimum absolute atomic E-state index is 0.239. The van der Waals surface area contributed by atoms with Crippen molar-refractivity contribution in [2.45, 2.75) is 31.9 Å². The van der Waals surface area contributed by atoms with Gasteiger partial charge in [0.25, 0.3) is 0 Å². The summed E-state index contributed by atoms with van der Waals surface area (Å²) in [6.45, 7) is 6.89. The van der Waals surface area contributed by atoms with E-state index in [1.54, 1.807) is 0 Å². The lowest BCUT2D eigenvalue weighted by Crippen LogP contribution is -2.45. The Balaban J connectivity index is 1.77. The van der Waals surface area contributed by atoms with Crippen LogP contribution in [0.5, 0.6) is 0 Å². The molecule has 2 aliphatic rings. The highest BCUT2D eigenvalue weighted by atomic mass is 16.3. The van der Waals surface area contributed by atoms with Crippen molar-refractivity contribution in [1.29, 1.82) is 0 Å². The number of piperazine rings is 1. The molecule has 2 fully saturated rings. The number of β-amino-alcohol motifs (C(OH)–C–C–N with tert-alkyl or cyclic N) is 1. The van der Waals surface area contributed by atoms with Gasteiger partial charge >= 0.3 is 0 Å². The minimum atomic E-state index is -0.239. The molecular weight excluding hydrogens is 266 g/mol. The van der Waals surface area contributed by atoms with Gasteiger partial charge in [-0.05, 0) is 26.0 Å². The van der Waals surface area contributed by atoms with E-state index in [2.05, 4.69) is 33.7 Å². The molecule has 2 aliphatic heterocycles. The standard InChI is InChI=1S/C15H25N5O/c1-3-12-10-13(21)11-20(12)14-4-5-16-15(17-14)19-8-6-18(2)7-9-19/h4-5,12-13,21H,3,6-11H2,1-2H3/t12?,13-/m1/s1. The molecule has 2 atom stereocenters. The van der Waals surface area contributed by atoms with Crippen molar-refractivity contribution in [2.24, 2.45) is 0 Å². The van der Waals surface area contributed by atoms with Gasteiger partial charge in [-0.3, -0.25) is 0 Å². The third-order valence-electron chi connectivity index (χ3n) is 4.57. The van der Waals surface area contributed by atoms with Crippen LogP contribution in [0.3, 0.4) is 0 Å². The molecule has 0 saturated carbocycles. The smallest absolute Gasteiger partial charge is 0.227 e. The van der Waals surface area contributed by atoms with E-state index in [1.807, 2.05) is 12.3 Å². The van der Waals surface area contributed by atoms with E-state index in [9.17, 15) is 5.11 Å². The molecule has 1 unspecified atom stereocenters. The van der Waals surface area contributed by atoms with Gasteiger partial charge in [0.15, 0.2) is 0 Å². The SMILES string of the molecule is CCC1C[C@@H](O)CN1c1ccnc(N2CCN(C)CC2)n1. The summed E-state index contributed by atoms with van der Waals surface area (Å²) in [6.07, 6.45) is 3.47. The number of likely N-dealkylation sites (N-methyl/N-ethyl adjacent to an activating group) is 1. The first-order valence-electron chi connectivity index (χ1n) is 7.88. The zero-order valence-electron chi connectivity index (χ0n) is 12.9. The number of aliphatic hydroxyl groups is 1. The van der Waals surface area contributed by atoms with Crippen LogP contribution in [0.25, 0.3) is 0 Å². The Morgan fingerprint density at radius 2 is 2.05 bits per heavy atom. The van der Waals surface area contributed by atoms with E-state index in [4.69, 9.17) is 4.98 Å². The third kappa shape index (κ3) is 3.11. The minimum Gasteiger partial charge on any atom is -0.391 e. The molecule has 0 radical (unpaired) electrons. The molecular formula is C15H25N5O. The Bertz CT molecular complexity index is 475. The Kier molecular flexibility index (Phi) is 4.26. The number of aromatic nitrogens is 2. The maximum Gasteiger partial charge on any atom is 0.227 e. The van der Waals surface area contributed by atoms with Gasteiger partial charge in [-0.2, -0.15) is 4.98 Å². The fourth-order valence-electron chi connectivity index (χ4n) is 3.22. The second kappa shape index (κ2) is 6.15. The van der Waals surface area contributed by atoms with Crippen molar-refractivity contribution < 1.29 is 5.11 Å². The van der Waals surface area contributed by atoms with E-state index in [0.717, 1.165) is 50.8 Å². The molecule has 1 aromatic rings. The summed E-state index contributed by atoms with van der Waals surface area (Å²) in [5.41, 5.74) is 0. The summed E-state index contributed by atoms with van der Waals surface area (Å²) in [5.74, 6) is 1.76. The zero-order valence-corrected chi connectivity index (χ0v) is 12.9. The Morgan fingerprint density at radius 1 is 1.29 bits per heavy atom. The van der Waals surface area contributed by atoms with Crippen molar-refractivity contribution >= 4 is 11.8 Å². The van der Waals surface area contributed by atoms with E-state index in [1.165, 1.54) is 0 Å². The molecule has 21 heavy (non-hydrogen) atoms. The molecule has 1 N–H and O–H groups in total. The molecule has 6 heteroatoms. The summed E-state index contributed by atoms with van der Waals surface area (Å²) in [4.78, 5) is 16.0. The topological polar surface area (TPSA) is 55.7 Å². The zero-order chi connectivity index (χ0) is 14.8. The summed E-state index contributed by atoms with van der Waals surface area (Å²) < 4.78 is 0. The molecule has 2 saturated heterocycles. The van der Waals surface area contributed by atoms with Gasteiger partial charge in [0.05, 0.1) is 6.10 Å². The molecule has 0 aromatic carbocycles. The van der Waals surface area contributed by atoms with Crippen molar-refractivity contribution in [3.05, 3.63) is 12.3 Å². The number of anilines is 2. The molecule has 0 aliphatic carbocycles. The first-order chi connectivity index (χ1) is 10.2. The van der Waals surface area contributed by atoms with Crippen LogP contribution in [0.4, 0.5) is 11.8 Å². The molecule has 3 rings (SSSR count). The average Bonchev–Trinajstić information content (AvgIpc) is 2.89. The fraction of sp³-hybridized carbons (Fsp3) is 0.733. The monoisotopic (exact) mass is 291 g/mol. The van der Waals surface area contributed by atoms with Gasteiger partial charge in [0, 0.05) is 45.0 Å². The van der Waals surface area contributed by atoms with Crippen molar-refractivity contribution in [2.75, 3.05) is 49.6 Å². The average molecular weight is 291 g/mol. The van der Waals surface area contributed by atoms with Crippen molar-refractivity contribution in [3.63, 3.8) is 0 Å². The third-order valence-corrected chi connectivity index (χ3v) is 4.57. The van der Waals surface area contributed by atoms with Crippen molar-refractivity contribution in [1.82, 2.24) is 14.9 Å². The maximum absolute atomic E-state index is 9.91. The predicted octanol–water partition coefficient (Wildman–Crippen LogP) is 0.578. The molecule has 0 spiro atoms. The van der Waals surface area contributed by atoms with Gasteiger partial charge in [0.2, 0.25) is 5.95 Å². The van der Waals surface area contributed by atoms with E-state index in [0.29, 0.717) is 12.6 Å². The molecule has 0 amide bonds. The van der Waals surface area contributed by atoms with Gasteiger partial charge in [-0.15, -0.1) is 0 Å². The van der Waals surface area contributed by atoms with E-state index >= 15 is 0 Å². The first kappa shape index (κ1) is 14.5. The van der Waals surface area contributed by atoms with Crippen LogP contribution in [0.1, 0.15) is 19.8 Å². The highest BCUT2D eigenvalue weighted by molar-refractivity contribution is 5.46. The second-order valence-corrected chi connectivity index (χ2v) is 6.11. The molecule has 116 valence electrons. The predicted molar refractivity (Wildman–Crippen MR) is 83.8 cm³/mol. The molecule has 1 aromatic heterocycles. The lowest BCUT2D eigenvalue weighted by Gasteiger charge is -2.33. The van der Waals surface area contributed by atoms with Crippen LogP contribution in [0.2, 0.25) is 0 Å². The maximum atomic E-state index is 9.91. The summed E-state index contributed by atoms with van der Waals surface area (Å²) in [7, 11) is 2.14. The number of nitrogens with zero attached hydrogens (tertiary/aromatic N) is 5. The van der Waals surface area contributed by atoms with Gasteiger partial charge in [-0.25, -0.2) is 4.98 Å². The van der Waals surface area contributed by atoms with Crippen LogP contribution >= 0.6 is 0 Å². The molecule has 6 nitrogen and oxygen atoms in total. The lowest BCUT2D eigenvalue weighted by molar-refractivity contribution is 0.194. The highest BCUT2D eigenvalue weighted by Gasteiger charge is 2.31. The molecule has 3 heterocycles. The Morgan fingerprint density at radius 3 is 2.76 bits per heavy atom. The first-order valence-corrected chi connectivity index (χ1v) is 7.88. The van der Waals surface area contributed by atoms with Crippen LogP contribution in [0.15, 0.2) is 12.3 Å². The second-order valence-electron chi connectivity index (χ2n) is 6.11. The number of rotatable bonds is 3. The van der Waals surface area contributed by atoms with E-state index in [-0.39, 0.29) is 6.10 Å². The number of hydrogen-bond acceptors (Lipinski definition) is 6. The lowest BCUT2D eigenvalue weighted by atomic mass is 10.1. The van der Waals surface area contributed by atoms with Crippen LogP contribution in [0, 0.1) is 0 Å². The summed E-state index contributed by atoms with van der Waals surface area (Å²) >= 11 is 0. The number of aliphatic hydroxyl groups excluding tert-OH is 1. The van der Waals surface area contributed by atoms with Gasteiger partial charge < -0.3 is 19.8 Å². The largest absolute Gasteiger partial charge is 0.391 e.